The molecular weight excluding hydrogens is 302 g/mol. The fraction of sp³-hybridized carbons (Fsp3) is 0.500. The summed E-state index contributed by atoms with van der Waals surface area (Å²) in [4.78, 5) is 0. The van der Waals surface area contributed by atoms with E-state index in [-0.39, 0.29) is 12.1 Å². The van der Waals surface area contributed by atoms with E-state index >= 15 is 0 Å². The number of sulfonamides is 1. The fourth-order valence-corrected chi connectivity index (χ4v) is 4.53. The van der Waals surface area contributed by atoms with Crippen molar-refractivity contribution in [3.8, 4) is 0 Å². The Morgan fingerprint density at radius 1 is 1.53 bits per heavy atom. The van der Waals surface area contributed by atoms with Crippen molar-refractivity contribution in [2.45, 2.75) is 29.2 Å². The van der Waals surface area contributed by atoms with Gasteiger partial charge in [0.1, 0.15) is 4.21 Å². The molecule has 1 fully saturated rings. The highest BCUT2D eigenvalue weighted by Gasteiger charge is 2.31. The van der Waals surface area contributed by atoms with Crippen molar-refractivity contribution in [2.24, 2.45) is 0 Å². The Bertz CT molecular complexity index is 450. The van der Waals surface area contributed by atoms with E-state index in [1.165, 1.54) is 11.3 Å². The van der Waals surface area contributed by atoms with Gasteiger partial charge in [-0.1, -0.05) is 0 Å². The van der Waals surface area contributed by atoms with Gasteiger partial charge < -0.3 is 5.11 Å². The topological polar surface area (TPSA) is 66.4 Å². The van der Waals surface area contributed by atoms with E-state index < -0.39 is 10.0 Å². The number of nitrogens with one attached hydrogen (secondary N) is 1. The monoisotopic (exact) mass is 311 g/mol. The zero-order chi connectivity index (χ0) is 11.1. The van der Waals surface area contributed by atoms with E-state index in [1.54, 1.807) is 11.4 Å². The minimum Gasteiger partial charge on any atom is -0.393 e. The highest BCUT2D eigenvalue weighted by molar-refractivity contribution is 9.10. The van der Waals surface area contributed by atoms with Crippen LogP contribution >= 0.6 is 27.3 Å². The van der Waals surface area contributed by atoms with Crippen LogP contribution < -0.4 is 4.72 Å². The molecule has 1 aromatic rings. The van der Waals surface area contributed by atoms with Gasteiger partial charge in [0.2, 0.25) is 10.0 Å². The molecule has 7 heteroatoms. The predicted octanol–water partition coefficient (Wildman–Crippen LogP) is 1.31. The summed E-state index contributed by atoms with van der Waals surface area (Å²) in [7, 11) is -3.40. The lowest BCUT2D eigenvalue weighted by atomic mass is 9.91. The predicted molar refractivity (Wildman–Crippen MR) is 61.4 cm³/mol. The van der Waals surface area contributed by atoms with E-state index in [0.29, 0.717) is 17.1 Å². The Balaban J connectivity index is 2.07. The lowest BCUT2D eigenvalue weighted by Crippen LogP contribution is -2.46. The number of thiophene rings is 1. The standard InChI is InChI=1S/C8H10BrNO3S2/c9-5-1-8(14-4-5)15(12,13)10-6-2-7(11)3-6/h1,4,6-7,10-11H,2-3H2. The number of hydrogen-bond donors (Lipinski definition) is 2. The molecule has 0 saturated heterocycles. The Hall–Kier alpha value is 0.0500. The molecule has 0 spiro atoms. The first-order valence-corrected chi connectivity index (χ1v) is 7.57. The summed E-state index contributed by atoms with van der Waals surface area (Å²) in [5.41, 5.74) is 0. The van der Waals surface area contributed by atoms with Crippen LogP contribution in [0.5, 0.6) is 0 Å². The summed E-state index contributed by atoms with van der Waals surface area (Å²) in [6.07, 6.45) is 0.658. The van der Waals surface area contributed by atoms with Gasteiger partial charge in [-0.15, -0.1) is 11.3 Å². The SMILES string of the molecule is O=S(=O)(NC1CC(O)C1)c1cc(Br)cs1. The number of hydrogen-bond acceptors (Lipinski definition) is 4. The maximum atomic E-state index is 11.8. The molecule has 0 aromatic carbocycles. The summed E-state index contributed by atoms with van der Waals surface area (Å²) in [6, 6.07) is 1.45. The molecule has 2 rings (SSSR count). The number of rotatable bonds is 3. The lowest BCUT2D eigenvalue weighted by molar-refractivity contribution is 0.0712. The molecule has 1 saturated carbocycles. The summed E-state index contributed by atoms with van der Waals surface area (Å²) >= 11 is 4.38. The molecule has 1 heterocycles. The van der Waals surface area contributed by atoms with Gasteiger partial charge in [0.15, 0.2) is 0 Å². The first-order valence-electron chi connectivity index (χ1n) is 4.42. The molecule has 1 aliphatic carbocycles. The van der Waals surface area contributed by atoms with E-state index in [4.69, 9.17) is 5.11 Å². The lowest BCUT2D eigenvalue weighted by Gasteiger charge is -2.31. The summed E-state index contributed by atoms with van der Waals surface area (Å²) in [5.74, 6) is 0. The molecule has 0 amide bonds. The van der Waals surface area contributed by atoms with Crippen LogP contribution in [-0.4, -0.2) is 25.7 Å². The van der Waals surface area contributed by atoms with Gasteiger partial charge in [-0.05, 0) is 34.8 Å². The van der Waals surface area contributed by atoms with Crippen molar-refractivity contribution in [2.75, 3.05) is 0 Å². The largest absolute Gasteiger partial charge is 0.393 e. The molecule has 0 bridgehead atoms. The van der Waals surface area contributed by atoms with Crippen LogP contribution in [0.15, 0.2) is 20.1 Å². The molecule has 0 radical (unpaired) electrons. The maximum absolute atomic E-state index is 11.8. The Labute approximate surface area is 100 Å². The maximum Gasteiger partial charge on any atom is 0.250 e. The van der Waals surface area contributed by atoms with Crippen LogP contribution in [0.2, 0.25) is 0 Å². The van der Waals surface area contributed by atoms with Crippen LogP contribution in [0.25, 0.3) is 0 Å². The van der Waals surface area contributed by atoms with Crippen molar-refractivity contribution >= 4 is 37.3 Å². The summed E-state index contributed by atoms with van der Waals surface area (Å²) < 4.78 is 27.1. The van der Waals surface area contributed by atoms with E-state index in [9.17, 15) is 8.42 Å². The normalized spacial score (nSPS) is 26.3. The molecule has 84 valence electrons. The van der Waals surface area contributed by atoms with Crippen molar-refractivity contribution < 1.29 is 13.5 Å². The molecule has 1 aliphatic rings. The molecule has 0 atom stereocenters. The third kappa shape index (κ3) is 2.59. The van der Waals surface area contributed by atoms with Crippen LogP contribution in [0.3, 0.4) is 0 Å². The summed E-state index contributed by atoms with van der Waals surface area (Å²) in [5, 5.41) is 10.8. The van der Waals surface area contributed by atoms with Gasteiger partial charge in [-0.3, -0.25) is 0 Å². The zero-order valence-corrected chi connectivity index (χ0v) is 10.9. The molecule has 15 heavy (non-hydrogen) atoms. The van der Waals surface area contributed by atoms with Gasteiger partial charge >= 0.3 is 0 Å². The second kappa shape index (κ2) is 4.14. The average Bonchev–Trinajstić information content (AvgIpc) is 2.49. The fourth-order valence-electron chi connectivity index (χ4n) is 1.40. The van der Waals surface area contributed by atoms with Gasteiger partial charge in [-0.2, -0.15) is 0 Å². The molecule has 4 nitrogen and oxygen atoms in total. The van der Waals surface area contributed by atoms with Crippen LogP contribution in [0, 0.1) is 0 Å². The van der Waals surface area contributed by atoms with Crippen LogP contribution in [0.1, 0.15) is 12.8 Å². The van der Waals surface area contributed by atoms with E-state index in [0.717, 1.165) is 4.47 Å². The third-order valence-electron chi connectivity index (χ3n) is 2.24. The molecule has 2 N–H and O–H groups in total. The molecule has 0 unspecified atom stereocenters. The van der Waals surface area contributed by atoms with Gasteiger partial charge in [0, 0.05) is 15.9 Å². The van der Waals surface area contributed by atoms with Crippen LogP contribution in [0.4, 0.5) is 0 Å². The molecule has 1 aromatic heterocycles. The first-order chi connectivity index (χ1) is 6.97. The summed E-state index contributed by atoms with van der Waals surface area (Å²) in [6.45, 7) is 0. The minimum atomic E-state index is -3.40. The van der Waals surface area contributed by atoms with E-state index in [1.807, 2.05) is 0 Å². The smallest absolute Gasteiger partial charge is 0.250 e. The Kier molecular flexibility index (Phi) is 3.18. The van der Waals surface area contributed by atoms with Crippen molar-refractivity contribution in [1.29, 1.82) is 0 Å². The second-order valence-corrected chi connectivity index (χ2v) is 7.30. The number of aliphatic hydroxyl groups is 1. The Morgan fingerprint density at radius 2 is 2.20 bits per heavy atom. The quantitative estimate of drug-likeness (QED) is 0.884. The third-order valence-corrected chi connectivity index (χ3v) is 5.96. The van der Waals surface area contributed by atoms with Gasteiger partial charge in [0.05, 0.1) is 6.10 Å². The van der Waals surface area contributed by atoms with Crippen molar-refractivity contribution in [1.82, 2.24) is 4.72 Å². The number of halogens is 1. The Morgan fingerprint density at radius 3 is 2.67 bits per heavy atom. The van der Waals surface area contributed by atoms with Crippen LogP contribution in [-0.2, 0) is 10.0 Å². The molecule has 0 aliphatic heterocycles. The zero-order valence-electron chi connectivity index (χ0n) is 7.68. The average molecular weight is 312 g/mol. The minimum absolute atomic E-state index is 0.120. The van der Waals surface area contributed by atoms with Gasteiger partial charge in [-0.25, -0.2) is 13.1 Å². The van der Waals surface area contributed by atoms with Gasteiger partial charge in [0.25, 0.3) is 0 Å². The van der Waals surface area contributed by atoms with Crippen molar-refractivity contribution in [3.63, 3.8) is 0 Å². The number of aliphatic hydroxyl groups excluding tert-OH is 1. The highest BCUT2D eigenvalue weighted by Crippen LogP contribution is 2.26. The van der Waals surface area contributed by atoms with E-state index in [2.05, 4.69) is 20.7 Å². The molecular formula is C8H10BrNO3S2. The first kappa shape index (κ1) is 11.5. The van der Waals surface area contributed by atoms with Crippen molar-refractivity contribution in [3.05, 3.63) is 15.9 Å². The second-order valence-electron chi connectivity index (χ2n) is 3.53. The highest BCUT2D eigenvalue weighted by atomic mass is 79.9.